The first-order valence-corrected chi connectivity index (χ1v) is 20.6. The average Bonchev–Trinajstić information content (AvgIpc) is 4.10. The maximum Gasteiger partial charge on any atom is 0.407 e. The SMILES string of the molecule is COC(=O)NC(C(=O)N1C2CCC(C2)C1c1ncc(-c2ccc(-c3ccc(-c4cnc(C5C6CCC(C6)N5C(=O)C(NC(=O)OC)C(C)C)[nH]4)cc3)cc2)[nH]1)C(C)C. The van der Waals surface area contributed by atoms with E-state index in [2.05, 4.69) is 69.1 Å². The van der Waals surface area contributed by atoms with E-state index in [9.17, 15) is 19.2 Å². The normalized spacial score (nSPS) is 24.3. The van der Waals surface area contributed by atoms with Crippen molar-refractivity contribution in [2.24, 2.45) is 23.7 Å². The summed E-state index contributed by atoms with van der Waals surface area (Å²) in [5.41, 5.74) is 5.88. The van der Waals surface area contributed by atoms with Gasteiger partial charge in [-0.2, -0.15) is 0 Å². The van der Waals surface area contributed by atoms with Crippen LogP contribution in [0.3, 0.4) is 0 Å². The number of nitrogens with zero attached hydrogens (tertiary/aromatic N) is 4. The Balaban J connectivity index is 0.951. The molecule has 4 amide bonds. The number of aromatic nitrogens is 4. The molecule has 4 aliphatic rings. The Morgan fingerprint density at radius 2 is 0.966 bits per heavy atom. The van der Waals surface area contributed by atoms with Gasteiger partial charge in [0.15, 0.2) is 0 Å². The van der Waals surface area contributed by atoms with Crippen molar-refractivity contribution in [3.63, 3.8) is 0 Å². The molecule has 8 unspecified atom stereocenters. The van der Waals surface area contributed by atoms with Crippen molar-refractivity contribution in [3.8, 4) is 33.6 Å². The van der Waals surface area contributed by atoms with E-state index in [4.69, 9.17) is 19.4 Å². The number of piperidine rings is 2. The average molecular weight is 791 g/mol. The fraction of sp³-hybridized carbons (Fsp3) is 0.500. The standard InChI is InChI=1S/C44H54N8O6/c1-23(2)35(49-43(55)57-5)41(53)51-31-17-15-29(19-31)37(51)39-45-21-33(47-39)27-11-7-25(8-12-27)26-9-13-28(14-10-26)34-22-46-40(48-34)38-30-16-18-32(20-30)52(38)42(54)36(24(3)4)50-44(56)58-6/h7-14,21-24,29-32,35-38H,15-20H2,1-6H3,(H,45,47)(H,46,48)(H,49,55)(H,50,56). The molecule has 4 aromatic rings. The molecule has 2 aliphatic carbocycles. The van der Waals surface area contributed by atoms with E-state index in [1.165, 1.54) is 14.2 Å². The first-order chi connectivity index (χ1) is 27.9. The first-order valence-electron chi connectivity index (χ1n) is 20.6. The highest BCUT2D eigenvalue weighted by Crippen LogP contribution is 2.51. The molecule has 2 aromatic carbocycles. The number of H-pyrrole nitrogens is 2. The summed E-state index contributed by atoms with van der Waals surface area (Å²) in [6.07, 6.45) is 8.31. The molecule has 2 aliphatic heterocycles. The number of likely N-dealkylation sites (tertiary alicyclic amines) is 2. The summed E-state index contributed by atoms with van der Waals surface area (Å²) in [4.78, 5) is 72.7. The number of carbonyl (C=O) groups excluding carboxylic acids is 4. The molecule has 8 atom stereocenters. The van der Waals surface area contributed by atoms with Gasteiger partial charge >= 0.3 is 12.2 Å². The number of alkyl carbamates (subject to hydrolysis) is 2. The van der Waals surface area contributed by atoms with Gasteiger partial charge in [0.05, 0.1) is 50.1 Å². The van der Waals surface area contributed by atoms with Crippen molar-refractivity contribution in [1.29, 1.82) is 0 Å². The van der Waals surface area contributed by atoms with Crippen LogP contribution < -0.4 is 10.6 Å². The third kappa shape index (κ3) is 7.21. The lowest BCUT2D eigenvalue weighted by Gasteiger charge is -2.37. The number of ether oxygens (including phenoxy) is 2. The quantitative estimate of drug-likeness (QED) is 0.126. The van der Waals surface area contributed by atoms with Gasteiger partial charge in [-0.15, -0.1) is 0 Å². The predicted octanol–water partition coefficient (Wildman–Crippen LogP) is 7.00. The van der Waals surface area contributed by atoms with Gasteiger partial charge in [-0.1, -0.05) is 76.2 Å². The molecule has 0 spiro atoms. The molecule has 0 radical (unpaired) electrons. The van der Waals surface area contributed by atoms with Gasteiger partial charge in [0.25, 0.3) is 0 Å². The summed E-state index contributed by atoms with van der Waals surface area (Å²) in [6, 6.07) is 15.2. The van der Waals surface area contributed by atoms with E-state index in [0.717, 1.165) is 83.8 Å². The Bertz CT molecular complexity index is 1990. The predicted molar refractivity (Wildman–Crippen MR) is 217 cm³/mol. The molecule has 4 heterocycles. The summed E-state index contributed by atoms with van der Waals surface area (Å²) >= 11 is 0. The minimum atomic E-state index is -0.681. The van der Waals surface area contributed by atoms with Gasteiger partial charge in [-0.25, -0.2) is 19.6 Å². The van der Waals surface area contributed by atoms with Crippen LogP contribution in [0.2, 0.25) is 0 Å². The van der Waals surface area contributed by atoms with Crippen molar-refractivity contribution in [2.45, 2.75) is 102 Å². The molecule has 2 saturated carbocycles. The fourth-order valence-corrected chi connectivity index (χ4v) is 9.99. The summed E-state index contributed by atoms with van der Waals surface area (Å²) in [5, 5.41) is 5.51. The van der Waals surface area contributed by atoms with Crippen LogP contribution in [0.15, 0.2) is 60.9 Å². The molecule has 14 nitrogen and oxygen atoms in total. The topological polar surface area (TPSA) is 175 Å². The lowest BCUT2D eigenvalue weighted by Crippen LogP contribution is -2.54. The van der Waals surface area contributed by atoms with Crippen LogP contribution in [0.25, 0.3) is 33.6 Å². The van der Waals surface area contributed by atoms with E-state index in [1.807, 2.05) is 49.9 Å². The Morgan fingerprint density at radius 3 is 1.31 bits per heavy atom. The zero-order valence-electron chi connectivity index (χ0n) is 34.0. The van der Waals surface area contributed by atoms with Crippen LogP contribution in [0, 0.1) is 23.7 Å². The highest BCUT2D eigenvalue weighted by atomic mass is 16.5. The highest BCUT2D eigenvalue weighted by Gasteiger charge is 2.53. The number of hydrogen-bond donors (Lipinski definition) is 4. The molecule has 2 aromatic heterocycles. The largest absolute Gasteiger partial charge is 0.453 e. The van der Waals surface area contributed by atoms with Crippen LogP contribution in [0.5, 0.6) is 0 Å². The van der Waals surface area contributed by atoms with Crippen LogP contribution in [-0.2, 0) is 19.1 Å². The maximum absolute atomic E-state index is 13.9. The molecule has 4 fully saturated rings. The molecule has 306 valence electrons. The van der Waals surface area contributed by atoms with Crippen molar-refractivity contribution >= 4 is 24.0 Å². The Labute approximate surface area is 338 Å². The lowest BCUT2D eigenvalue weighted by molar-refractivity contribution is -0.140. The summed E-state index contributed by atoms with van der Waals surface area (Å²) in [6.45, 7) is 7.71. The molecule has 4 N–H and O–H groups in total. The van der Waals surface area contributed by atoms with Gasteiger partial charge in [0.2, 0.25) is 11.8 Å². The number of aromatic amines is 2. The third-order valence-electron chi connectivity index (χ3n) is 12.9. The molecule has 58 heavy (non-hydrogen) atoms. The second-order valence-corrected chi connectivity index (χ2v) is 17.1. The number of methoxy groups -OCH3 is 2. The fourth-order valence-electron chi connectivity index (χ4n) is 9.99. The molecule has 14 heteroatoms. The summed E-state index contributed by atoms with van der Waals surface area (Å²) in [5.74, 6) is 1.78. The van der Waals surface area contributed by atoms with Crippen molar-refractivity contribution in [2.75, 3.05) is 14.2 Å². The van der Waals surface area contributed by atoms with Crippen LogP contribution in [-0.4, -0.2) is 92.1 Å². The van der Waals surface area contributed by atoms with E-state index >= 15 is 0 Å². The second-order valence-electron chi connectivity index (χ2n) is 17.1. The lowest BCUT2D eigenvalue weighted by atomic mass is 9.95. The van der Waals surface area contributed by atoms with Crippen molar-refractivity contribution in [3.05, 3.63) is 72.6 Å². The van der Waals surface area contributed by atoms with Crippen LogP contribution in [0.4, 0.5) is 9.59 Å². The maximum atomic E-state index is 13.9. The molecular formula is C44H54N8O6. The Kier molecular flexibility index (Phi) is 10.8. The zero-order chi connectivity index (χ0) is 40.8. The molecule has 4 bridgehead atoms. The zero-order valence-corrected chi connectivity index (χ0v) is 34.0. The van der Waals surface area contributed by atoms with Gasteiger partial charge < -0.3 is 39.9 Å². The number of rotatable bonds is 11. The minimum Gasteiger partial charge on any atom is -0.453 e. The van der Waals surface area contributed by atoms with Gasteiger partial charge in [-0.05, 0) is 84.5 Å². The number of carbonyl (C=O) groups is 4. The van der Waals surface area contributed by atoms with Gasteiger partial charge in [0, 0.05) is 12.1 Å². The Hall–Kier alpha value is -5.66. The number of fused-ring (bicyclic) bond motifs is 4. The number of hydrogen-bond acceptors (Lipinski definition) is 8. The van der Waals surface area contributed by atoms with E-state index in [-0.39, 0.29) is 47.8 Å². The van der Waals surface area contributed by atoms with E-state index in [1.54, 1.807) is 0 Å². The van der Waals surface area contributed by atoms with Crippen molar-refractivity contribution in [1.82, 2.24) is 40.4 Å². The monoisotopic (exact) mass is 790 g/mol. The number of nitrogens with one attached hydrogen (secondary N) is 4. The molecule has 2 saturated heterocycles. The summed E-state index contributed by atoms with van der Waals surface area (Å²) < 4.78 is 9.64. The van der Waals surface area contributed by atoms with Crippen LogP contribution in [0.1, 0.15) is 90.0 Å². The molecule has 8 rings (SSSR count). The number of benzene rings is 2. The summed E-state index contributed by atoms with van der Waals surface area (Å²) in [7, 11) is 2.61. The smallest absolute Gasteiger partial charge is 0.407 e. The highest BCUT2D eigenvalue weighted by molar-refractivity contribution is 5.88. The number of amides is 4. The van der Waals surface area contributed by atoms with Crippen LogP contribution >= 0.6 is 0 Å². The minimum absolute atomic E-state index is 0.0933. The van der Waals surface area contributed by atoms with Gasteiger partial charge in [-0.3, -0.25) is 9.59 Å². The van der Waals surface area contributed by atoms with Gasteiger partial charge in [0.1, 0.15) is 23.7 Å². The number of imidazole rings is 2. The second kappa shape index (κ2) is 15.9. The molecular weight excluding hydrogens is 737 g/mol. The first kappa shape index (κ1) is 39.2. The Morgan fingerprint density at radius 1 is 0.603 bits per heavy atom. The van der Waals surface area contributed by atoms with Crippen molar-refractivity contribution < 1.29 is 28.7 Å². The third-order valence-corrected chi connectivity index (χ3v) is 12.9. The van der Waals surface area contributed by atoms with E-state index in [0.29, 0.717) is 11.8 Å². The van der Waals surface area contributed by atoms with E-state index < -0.39 is 24.3 Å².